The van der Waals surface area contributed by atoms with Crippen molar-refractivity contribution in [3.8, 4) is 33.0 Å². The van der Waals surface area contributed by atoms with E-state index in [0.29, 0.717) is 15.7 Å². The van der Waals surface area contributed by atoms with Crippen LogP contribution >= 0.6 is 34.4 Å². The monoisotopic (exact) mass is 665 g/mol. The Labute approximate surface area is 280 Å². The molecule has 7 nitrogen and oxygen atoms in total. The largest absolute Gasteiger partial charge is 0.477 e. The molecule has 0 saturated carbocycles. The molecule has 0 aliphatic carbocycles. The van der Waals surface area contributed by atoms with E-state index in [1.54, 1.807) is 23.9 Å². The summed E-state index contributed by atoms with van der Waals surface area (Å²) in [6.45, 7) is 5.37. The van der Waals surface area contributed by atoms with Gasteiger partial charge in [-0.3, -0.25) is 0 Å². The van der Waals surface area contributed by atoms with Gasteiger partial charge < -0.3 is 15.1 Å². The Hall–Kier alpha value is -4.61. The number of aliphatic carboxylic acids is 2. The number of benzene rings is 2. The maximum Gasteiger partial charge on any atom is 0.346 e. The molecule has 2 aromatic heterocycles. The number of fused-ring (bicyclic) bond motifs is 2. The van der Waals surface area contributed by atoms with Crippen LogP contribution in [-0.2, 0) is 9.59 Å². The number of hydrogen-bond donors (Lipinski definition) is 2. The highest BCUT2D eigenvalue weighted by atomic mass is 32.2. The molecular formula is C36H31N3O4S3. The van der Waals surface area contributed by atoms with E-state index in [9.17, 15) is 19.8 Å². The Morgan fingerprint density at radius 2 is 1.30 bits per heavy atom. The molecule has 4 aromatic rings. The Morgan fingerprint density at radius 3 is 1.72 bits per heavy atom. The second kappa shape index (κ2) is 14.7. The van der Waals surface area contributed by atoms with Gasteiger partial charge in [0, 0.05) is 35.8 Å². The number of carbonyl (C=O) groups is 2. The van der Waals surface area contributed by atoms with E-state index in [4.69, 9.17) is 10.5 Å². The average Bonchev–Trinajstić information content (AvgIpc) is 3.73. The van der Waals surface area contributed by atoms with Gasteiger partial charge >= 0.3 is 11.9 Å². The summed E-state index contributed by atoms with van der Waals surface area (Å²) in [5.41, 5.74) is 3.74. The summed E-state index contributed by atoms with van der Waals surface area (Å²) in [4.78, 5) is 30.7. The van der Waals surface area contributed by atoms with Gasteiger partial charge in [0.1, 0.15) is 23.3 Å². The molecule has 0 spiro atoms. The lowest BCUT2D eigenvalue weighted by atomic mass is 9.97. The maximum atomic E-state index is 11.3. The van der Waals surface area contributed by atoms with Gasteiger partial charge in [-0.05, 0) is 84.1 Å². The summed E-state index contributed by atoms with van der Waals surface area (Å²) in [6, 6.07) is 24.0. The van der Waals surface area contributed by atoms with Crippen molar-refractivity contribution in [2.24, 2.45) is 5.92 Å². The Bertz CT molecular complexity index is 1810. The van der Waals surface area contributed by atoms with Crippen molar-refractivity contribution in [2.75, 3.05) is 11.4 Å². The van der Waals surface area contributed by atoms with Gasteiger partial charge in [-0.15, -0.1) is 22.7 Å². The first-order valence-corrected chi connectivity index (χ1v) is 17.3. The lowest BCUT2D eigenvalue weighted by Crippen LogP contribution is -2.27. The number of thiophene rings is 2. The molecule has 0 fully saturated rings. The molecule has 0 radical (unpaired) electrons. The summed E-state index contributed by atoms with van der Waals surface area (Å²) < 4.78 is 0. The lowest BCUT2D eigenvalue weighted by molar-refractivity contribution is -0.133. The van der Waals surface area contributed by atoms with E-state index in [1.165, 1.54) is 41.2 Å². The predicted molar refractivity (Wildman–Crippen MR) is 186 cm³/mol. The molecule has 46 heavy (non-hydrogen) atoms. The number of nitrogens with zero attached hydrogens (tertiary/aromatic N) is 3. The van der Waals surface area contributed by atoms with Crippen LogP contribution in [0.2, 0.25) is 0 Å². The fourth-order valence-corrected chi connectivity index (χ4v) is 8.37. The SMILES string of the molecule is CCCCC(CC)CN1c2ccc(-c3ccc(/C=C(\C#N)C(=O)O)s3)cc2Sc2cc(-c3ccc(/C=C(\C#N)C(=O)O)s3)ccc21. The van der Waals surface area contributed by atoms with Crippen molar-refractivity contribution in [1.29, 1.82) is 10.5 Å². The normalized spacial score (nSPS) is 13.3. The second-order valence-corrected chi connectivity index (χ2v) is 14.2. The van der Waals surface area contributed by atoms with E-state index in [-0.39, 0.29) is 11.1 Å². The van der Waals surface area contributed by atoms with Gasteiger partial charge in [0.05, 0.1) is 11.4 Å². The highest BCUT2D eigenvalue weighted by Gasteiger charge is 2.27. The highest BCUT2D eigenvalue weighted by Crippen LogP contribution is 2.51. The lowest BCUT2D eigenvalue weighted by Gasteiger charge is -2.35. The van der Waals surface area contributed by atoms with E-state index >= 15 is 0 Å². The summed E-state index contributed by atoms with van der Waals surface area (Å²) in [5, 5.41) is 36.8. The average molecular weight is 666 g/mol. The number of nitriles is 2. The Kier molecular flexibility index (Phi) is 10.4. The van der Waals surface area contributed by atoms with E-state index < -0.39 is 11.9 Å². The maximum absolute atomic E-state index is 11.3. The van der Waals surface area contributed by atoms with Gasteiger partial charge in [-0.25, -0.2) is 9.59 Å². The third-order valence-corrected chi connectivity index (χ3v) is 11.1. The number of carboxylic acid groups (broad SMARTS) is 2. The van der Waals surface area contributed by atoms with Crippen molar-refractivity contribution in [3.05, 3.63) is 81.6 Å². The first-order valence-electron chi connectivity index (χ1n) is 14.9. The minimum atomic E-state index is -1.24. The predicted octanol–water partition coefficient (Wildman–Crippen LogP) is 9.95. The molecular weight excluding hydrogens is 635 g/mol. The fraction of sp³-hybridized carbons (Fsp3) is 0.222. The summed E-state index contributed by atoms with van der Waals surface area (Å²) in [6.07, 6.45) is 7.40. The molecule has 1 unspecified atom stereocenters. The molecule has 0 saturated heterocycles. The van der Waals surface area contributed by atoms with Crippen molar-refractivity contribution in [2.45, 2.75) is 49.3 Å². The number of unbranched alkanes of at least 4 members (excludes halogenated alkanes) is 1. The fourth-order valence-electron chi connectivity index (χ4n) is 5.30. The topological polar surface area (TPSA) is 125 Å². The van der Waals surface area contributed by atoms with Crippen LogP contribution in [0.1, 0.15) is 49.3 Å². The third-order valence-electron chi connectivity index (χ3n) is 7.80. The zero-order valence-electron chi connectivity index (χ0n) is 25.3. The van der Waals surface area contributed by atoms with Crippen LogP contribution in [-0.4, -0.2) is 28.7 Å². The number of anilines is 2. The first-order chi connectivity index (χ1) is 22.2. The number of hydrogen-bond acceptors (Lipinski definition) is 8. The van der Waals surface area contributed by atoms with E-state index in [1.807, 2.05) is 24.3 Å². The minimum absolute atomic E-state index is 0.299. The van der Waals surface area contributed by atoms with Crippen LogP contribution in [0.3, 0.4) is 0 Å². The van der Waals surface area contributed by atoms with Crippen molar-refractivity contribution < 1.29 is 19.8 Å². The Balaban J connectivity index is 1.52. The first kappa shape index (κ1) is 32.8. The molecule has 0 amide bonds. The minimum Gasteiger partial charge on any atom is -0.477 e. The van der Waals surface area contributed by atoms with Gasteiger partial charge in [-0.2, -0.15) is 10.5 Å². The van der Waals surface area contributed by atoms with Crippen LogP contribution in [0, 0.1) is 28.6 Å². The summed E-state index contributed by atoms with van der Waals surface area (Å²) in [5.74, 6) is -1.95. The summed E-state index contributed by atoms with van der Waals surface area (Å²) >= 11 is 4.59. The van der Waals surface area contributed by atoms with Crippen LogP contribution in [0.5, 0.6) is 0 Å². The van der Waals surface area contributed by atoms with Gasteiger partial charge in [0.15, 0.2) is 0 Å². The van der Waals surface area contributed by atoms with Crippen LogP contribution in [0.4, 0.5) is 11.4 Å². The van der Waals surface area contributed by atoms with Crippen LogP contribution in [0.15, 0.2) is 81.6 Å². The molecule has 1 atom stereocenters. The third kappa shape index (κ3) is 7.27. The molecule has 232 valence electrons. The second-order valence-electron chi connectivity index (χ2n) is 10.8. The number of carboxylic acids is 2. The van der Waals surface area contributed by atoms with Gasteiger partial charge in [0.2, 0.25) is 0 Å². The molecule has 2 aromatic carbocycles. The van der Waals surface area contributed by atoms with Gasteiger partial charge in [0.25, 0.3) is 0 Å². The molecule has 5 rings (SSSR count). The quantitative estimate of drug-likeness (QED) is 0.113. The zero-order chi connectivity index (χ0) is 32.8. The van der Waals surface area contributed by atoms with Gasteiger partial charge in [-0.1, -0.05) is 57.0 Å². The number of rotatable bonds is 12. The molecule has 2 N–H and O–H groups in total. The van der Waals surface area contributed by atoms with E-state index in [2.05, 4.69) is 55.1 Å². The molecule has 10 heteroatoms. The van der Waals surface area contributed by atoms with Crippen molar-refractivity contribution in [1.82, 2.24) is 0 Å². The zero-order valence-corrected chi connectivity index (χ0v) is 27.8. The summed E-state index contributed by atoms with van der Waals surface area (Å²) in [7, 11) is 0. The molecule has 0 bridgehead atoms. The van der Waals surface area contributed by atoms with Crippen LogP contribution < -0.4 is 4.90 Å². The van der Waals surface area contributed by atoms with E-state index in [0.717, 1.165) is 67.9 Å². The Morgan fingerprint density at radius 1 is 0.804 bits per heavy atom. The molecule has 1 aliphatic heterocycles. The molecule has 3 heterocycles. The van der Waals surface area contributed by atoms with Crippen molar-refractivity contribution >= 4 is 69.9 Å². The van der Waals surface area contributed by atoms with Crippen molar-refractivity contribution in [3.63, 3.8) is 0 Å². The smallest absolute Gasteiger partial charge is 0.346 e. The van der Waals surface area contributed by atoms with Crippen LogP contribution in [0.25, 0.3) is 33.0 Å². The highest BCUT2D eigenvalue weighted by molar-refractivity contribution is 7.99. The molecule has 1 aliphatic rings. The standard InChI is InChI=1S/C36H31N3O4S3/c1-3-5-6-22(4-2)21-39-29-11-7-23(31-13-9-27(44-31)15-25(19-37)35(40)41)17-33(29)46-34-18-24(8-12-30(34)39)32-14-10-28(45-32)16-26(20-38)36(42)43/h7-18,22H,3-6,21H2,1-2H3,(H,40,41)(H,42,43)/b25-15+,26-16+.